The van der Waals surface area contributed by atoms with E-state index in [-0.39, 0.29) is 11.0 Å². The first-order valence-electron chi connectivity index (χ1n) is 11.8. The lowest BCUT2D eigenvalue weighted by Crippen LogP contribution is -2.22. The standard InChI is InChI=1S/C29H29N3O2S/c1-5-6-18-34-28(33)21(19-30)27-31-26(20-12-8-7-9-13-20)24(35-27)16-17-25-29(2,3)22-14-10-11-15-23(22)32(25)4/h7-17H,5-6,18H2,1-4H3/b24-16+,25-17-,27-21-. The SMILES string of the molecule is CCCCOC(=O)/C(C#N)=c1/nc(-c2ccccc2)/c(=C\C=C2/N(C)c3ccccc3C2(C)C)s1. The summed E-state index contributed by atoms with van der Waals surface area (Å²) in [6, 6.07) is 20.3. The van der Waals surface area contributed by atoms with Crippen molar-refractivity contribution in [1.82, 2.24) is 4.98 Å². The molecular formula is C29H29N3O2S. The van der Waals surface area contributed by atoms with Crippen LogP contribution in [0.3, 0.4) is 0 Å². The number of carbonyl (C=O) groups is 1. The Bertz CT molecular complexity index is 1430. The summed E-state index contributed by atoms with van der Waals surface area (Å²) in [6.45, 7) is 6.76. The van der Waals surface area contributed by atoms with Crippen LogP contribution in [0.4, 0.5) is 5.69 Å². The molecule has 1 aliphatic rings. The number of hydrogen-bond acceptors (Lipinski definition) is 6. The van der Waals surface area contributed by atoms with Crippen LogP contribution >= 0.6 is 11.3 Å². The maximum Gasteiger partial charge on any atom is 0.352 e. The number of hydrogen-bond donors (Lipinski definition) is 0. The zero-order chi connectivity index (χ0) is 25.0. The average Bonchev–Trinajstić information content (AvgIpc) is 3.36. The lowest BCUT2D eigenvalue weighted by Gasteiger charge is -2.23. The molecule has 2 aromatic carbocycles. The second kappa shape index (κ2) is 10.3. The Balaban J connectivity index is 1.86. The van der Waals surface area contributed by atoms with Gasteiger partial charge in [-0.05, 0) is 30.2 Å². The normalized spacial score (nSPS) is 16.7. The summed E-state index contributed by atoms with van der Waals surface area (Å²) in [4.78, 5) is 19.5. The Hall–Kier alpha value is -3.69. The molecule has 0 saturated carbocycles. The largest absolute Gasteiger partial charge is 0.461 e. The molecule has 0 fully saturated rings. The van der Waals surface area contributed by atoms with Crippen LogP contribution in [0, 0.1) is 11.3 Å². The molecule has 178 valence electrons. The third-order valence-electron chi connectivity index (χ3n) is 6.29. The summed E-state index contributed by atoms with van der Waals surface area (Å²) in [7, 11) is 2.08. The van der Waals surface area contributed by atoms with Crippen LogP contribution in [0.5, 0.6) is 0 Å². The number of anilines is 1. The summed E-state index contributed by atoms with van der Waals surface area (Å²) in [5.74, 6) is -0.619. The fraction of sp³-hybridized carbons (Fsp3) is 0.276. The Labute approximate surface area is 210 Å². The molecule has 0 radical (unpaired) electrons. The number of allylic oxidation sites excluding steroid dienone is 2. The van der Waals surface area contributed by atoms with E-state index >= 15 is 0 Å². The summed E-state index contributed by atoms with van der Waals surface area (Å²) >= 11 is 1.33. The Morgan fingerprint density at radius 3 is 2.54 bits per heavy atom. The molecule has 1 aliphatic heterocycles. The van der Waals surface area contributed by atoms with E-state index < -0.39 is 5.97 Å². The number of thiazole rings is 1. The van der Waals surface area contributed by atoms with Crippen molar-refractivity contribution in [2.45, 2.75) is 39.0 Å². The van der Waals surface area contributed by atoms with Crippen LogP contribution in [0.25, 0.3) is 22.9 Å². The molecule has 2 heterocycles. The monoisotopic (exact) mass is 483 g/mol. The molecule has 1 aromatic heterocycles. The van der Waals surface area contributed by atoms with Crippen molar-refractivity contribution < 1.29 is 9.53 Å². The van der Waals surface area contributed by atoms with E-state index in [1.807, 2.05) is 49.4 Å². The van der Waals surface area contributed by atoms with Gasteiger partial charge in [-0.15, -0.1) is 11.3 Å². The number of para-hydroxylation sites is 1. The molecule has 4 rings (SSSR count). The topological polar surface area (TPSA) is 66.2 Å². The molecule has 35 heavy (non-hydrogen) atoms. The molecule has 0 aliphatic carbocycles. The van der Waals surface area contributed by atoms with E-state index in [0.717, 1.165) is 34.3 Å². The van der Waals surface area contributed by atoms with E-state index in [1.54, 1.807) is 0 Å². The highest BCUT2D eigenvalue weighted by atomic mass is 32.1. The summed E-state index contributed by atoms with van der Waals surface area (Å²) in [6.07, 6.45) is 5.83. The highest BCUT2D eigenvalue weighted by molar-refractivity contribution is 7.08. The fourth-order valence-corrected chi connectivity index (χ4v) is 5.35. The first-order chi connectivity index (χ1) is 16.9. The molecule has 5 nitrogen and oxygen atoms in total. The number of esters is 1. The minimum Gasteiger partial charge on any atom is -0.461 e. The zero-order valence-corrected chi connectivity index (χ0v) is 21.4. The first kappa shape index (κ1) is 24.4. The molecule has 0 spiro atoms. The highest BCUT2D eigenvalue weighted by Gasteiger charge is 2.37. The minimum atomic E-state index is -0.619. The van der Waals surface area contributed by atoms with Crippen molar-refractivity contribution >= 4 is 34.6 Å². The molecule has 3 aromatic rings. The third kappa shape index (κ3) is 4.78. The van der Waals surface area contributed by atoms with Crippen LogP contribution in [0.1, 0.15) is 39.2 Å². The van der Waals surface area contributed by atoms with E-state index in [0.29, 0.717) is 11.3 Å². The molecular weight excluding hydrogens is 454 g/mol. The number of rotatable bonds is 6. The summed E-state index contributed by atoms with van der Waals surface area (Å²) < 4.78 is 6.56. The number of nitrogens with zero attached hydrogens (tertiary/aromatic N) is 3. The smallest absolute Gasteiger partial charge is 0.352 e. The van der Waals surface area contributed by atoms with Gasteiger partial charge in [0.2, 0.25) is 0 Å². The van der Waals surface area contributed by atoms with Gasteiger partial charge in [-0.3, -0.25) is 0 Å². The Kier molecular flexibility index (Phi) is 7.18. The summed E-state index contributed by atoms with van der Waals surface area (Å²) in [5, 5.41) is 9.73. The van der Waals surface area contributed by atoms with Crippen molar-refractivity contribution in [2.24, 2.45) is 0 Å². The predicted octanol–water partition coefficient (Wildman–Crippen LogP) is 4.92. The number of nitriles is 1. The second-order valence-electron chi connectivity index (χ2n) is 8.99. The van der Waals surface area contributed by atoms with Gasteiger partial charge >= 0.3 is 5.97 Å². The number of carbonyl (C=O) groups excluding carboxylic acids is 1. The average molecular weight is 484 g/mol. The van der Waals surface area contributed by atoms with Gasteiger partial charge < -0.3 is 9.64 Å². The molecule has 0 unspecified atom stereocenters. The molecule has 0 atom stereocenters. The van der Waals surface area contributed by atoms with Gasteiger partial charge in [0.25, 0.3) is 0 Å². The van der Waals surface area contributed by atoms with Crippen LogP contribution in [0.2, 0.25) is 0 Å². The van der Waals surface area contributed by atoms with Gasteiger partial charge in [-0.25, -0.2) is 9.78 Å². The van der Waals surface area contributed by atoms with Crippen LogP contribution in [0.15, 0.2) is 66.4 Å². The maximum absolute atomic E-state index is 12.6. The van der Waals surface area contributed by atoms with Crippen molar-refractivity contribution in [2.75, 3.05) is 18.6 Å². The van der Waals surface area contributed by atoms with Crippen molar-refractivity contribution in [3.8, 4) is 17.3 Å². The van der Waals surface area contributed by atoms with E-state index in [1.165, 1.54) is 22.6 Å². The van der Waals surface area contributed by atoms with Crippen LogP contribution in [-0.2, 0) is 14.9 Å². The number of aromatic nitrogens is 1. The lowest BCUT2D eigenvalue weighted by molar-refractivity contribution is -0.136. The number of unbranched alkanes of at least 4 members (excludes halogenated alkanes) is 1. The number of fused-ring (bicyclic) bond motifs is 1. The van der Waals surface area contributed by atoms with Gasteiger partial charge in [0, 0.05) is 29.4 Å². The minimum absolute atomic E-state index is 0.0543. The van der Waals surface area contributed by atoms with Gasteiger partial charge in [0.05, 0.1) is 16.8 Å². The predicted molar refractivity (Wildman–Crippen MR) is 142 cm³/mol. The maximum atomic E-state index is 12.6. The number of benzene rings is 2. The quantitative estimate of drug-likeness (QED) is 0.368. The molecule has 0 bridgehead atoms. The molecule has 0 amide bonds. The van der Waals surface area contributed by atoms with E-state index in [9.17, 15) is 10.1 Å². The molecule has 6 heteroatoms. The molecule has 0 saturated heterocycles. The van der Waals surface area contributed by atoms with Crippen LogP contribution in [-0.4, -0.2) is 24.6 Å². The molecule has 0 N–H and O–H groups in total. The fourth-order valence-electron chi connectivity index (χ4n) is 4.37. The zero-order valence-electron chi connectivity index (χ0n) is 20.5. The summed E-state index contributed by atoms with van der Waals surface area (Å²) in [5.41, 5.74) is 5.10. The van der Waals surface area contributed by atoms with Gasteiger partial charge in [0.1, 0.15) is 10.7 Å². The third-order valence-corrected chi connectivity index (χ3v) is 7.33. The van der Waals surface area contributed by atoms with Gasteiger partial charge in [0.15, 0.2) is 5.57 Å². The van der Waals surface area contributed by atoms with Crippen molar-refractivity contribution in [1.29, 1.82) is 5.26 Å². The highest BCUT2D eigenvalue weighted by Crippen LogP contribution is 2.46. The van der Waals surface area contributed by atoms with Gasteiger partial charge in [-0.1, -0.05) is 75.7 Å². The number of likely N-dealkylation sites (N-methyl/N-ethyl adjacent to an activating group) is 1. The Morgan fingerprint density at radius 1 is 1.14 bits per heavy atom. The van der Waals surface area contributed by atoms with Crippen LogP contribution < -0.4 is 14.1 Å². The van der Waals surface area contributed by atoms with E-state index in [4.69, 9.17) is 9.72 Å². The van der Waals surface area contributed by atoms with Gasteiger partial charge in [-0.2, -0.15) is 5.26 Å². The lowest BCUT2D eigenvalue weighted by atomic mass is 9.84. The first-order valence-corrected chi connectivity index (χ1v) is 12.6. The van der Waals surface area contributed by atoms with Crippen molar-refractivity contribution in [3.63, 3.8) is 0 Å². The Morgan fingerprint density at radius 2 is 1.86 bits per heavy atom. The van der Waals surface area contributed by atoms with Crippen molar-refractivity contribution in [3.05, 3.63) is 81.1 Å². The number of ether oxygens (including phenoxy) is 1. The second-order valence-corrected chi connectivity index (χ2v) is 10.0. The van der Waals surface area contributed by atoms with E-state index in [2.05, 4.69) is 56.1 Å².